The molecule has 1 saturated heterocycles. The van der Waals surface area contributed by atoms with Crippen LogP contribution in [0.15, 0.2) is 41.6 Å². The minimum Gasteiger partial charge on any atom is -0.444 e. The quantitative estimate of drug-likeness (QED) is 0.766. The van der Waals surface area contributed by atoms with E-state index in [2.05, 4.69) is 4.98 Å². The van der Waals surface area contributed by atoms with Crippen LogP contribution in [0.25, 0.3) is 10.8 Å². The zero-order chi connectivity index (χ0) is 20.5. The predicted molar refractivity (Wildman–Crippen MR) is 108 cm³/mol. The van der Waals surface area contributed by atoms with Crippen LogP contribution >= 0.6 is 0 Å². The molecule has 1 fully saturated rings. The van der Waals surface area contributed by atoms with E-state index in [1.165, 1.54) is 4.31 Å². The molecular weight excluding hydrogens is 378 g/mol. The molecule has 152 valence electrons. The number of sulfonamides is 1. The van der Waals surface area contributed by atoms with Gasteiger partial charge in [-0.1, -0.05) is 12.1 Å². The molecule has 1 aromatic carbocycles. The van der Waals surface area contributed by atoms with Crippen molar-refractivity contribution < 1.29 is 17.9 Å². The van der Waals surface area contributed by atoms with Gasteiger partial charge in [0.1, 0.15) is 5.60 Å². The largest absolute Gasteiger partial charge is 0.444 e. The topological polar surface area (TPSA) is 79.8 Å². The van der Waals surface area contributed by atoms with E-state index in [4.69, 9.17) is 4.74 Å². The average molecular weight is 406 g/mol. The molecule has 1 amide bonds. The summed E-state index contributed by atoms with van der Waals surface area (Å²) in [5, 5.41) is 1.43. The number of pyridine rings is 1. The maximum atomic E-state index is 13.4. The highest BCUT2D eigenvalue weighted by molar-refractivity contribution is 7.89. The zero-order valence-electron chi connectivity index (χ0n) is 16.8. The minimum atomic E-state index is -3.72. The van der Waals surface area contributed by atoms with E-state index in [1.54, 1.807) is 35.5 Å². The van der Waals surface area contributed by atoms with Crippen LogP contribution < -0.4 is 0 Å². The molecule has 0 saturated carbocycles. The molecule has 1 aromatic heterocycles. The van der Waals surface area contributed by atoms with E-state index < -0.39 is 21.7 Å². The highest BCUT2D eigenvalue weighted by atomic mass is 32.2. The summed E-state index contributed by atoms with van der Waals surface area (Å²) in [6.45, 7) is 8.39. The molecule has 0 bridgehead atoms. The van der Waals surface area contributed by atoms with E-state index in [-0.39, 0.29) is 10.9 Å². The van der Waals surface area contributed by atoms with Gasteiger partial charge < -0.3 is 9.64 Å². The first-order valence-electron chi connectivity index (χ1n) is 9.42. The van der Waals surface area contributed by atoms with Crippen LogP contribution in [0.1, 0.15) is 34.1 Å². The Balaban J connectivity index is 1.88. The number of hydrogen-bond acceptors (Lipinski definition) is 5. The van der Waals surface area contributed by atoms with Crippen molar-refractivity contribution in [1.82, 2.24) is 14.2 Å². The number of amides is 1. The average Bonchev–Trinajstić information content (AvgIpc) is 2.82. The molecule has 1 aliphatic heterocycles. The van der Waals surface area contributed by atoms with Crippen LogP contribution in [0.4, 0.5) is 4.79 Å². The molecule has 7 nitrogen and oxygen atoms in total. The Labute approximate surface area is 166 Å². The first kappa shape index (κ1) is 20.5. The zero-order valence-corrected chi connectivity index (χ0v) is 17.6. The number of fused-ring (bicyclic) bond motifs is 1. The normalized spacial score (nSPS) is 19.4. The standard InChI is InChI=1S/C20H27N3O4S/c1-15-14-22(19(24)27-20(2,3)4)11-6-12-23(15)28(25,26)18-8-5-7-16-13-21-10-9-17(16)18/h5,7-10,13,15H,6,11-12,14H2,1-4H3. The van der Waals surface area contributed by atoms with Crippen molar-refractivity contribution in [1.29, 1.82) is 0 Å². The van der Waals surface area contributed by atoms with E-state index in [9.17, 15) is 13.2 Å². The maximum Gasteiger partial charge on any atom is 0.410 e. The molecule has 2 aromatic rings. The number of rotatable bonds is 2. The van der Waals surface area contributed by atoms with Gasteiger partial charge >= 0.3 is 6.09 Å². The number of nitrogens with zero attached hydrogens (tertiary/aromatic N) is 3. The third-order valence-electron chi connectivity index (χ3n) is 4.66. The third-order valence-corrected chi connectivity index (χ3v) is 6.73. The van der Waals surface area contributed by atoms with Crippen molar-refractivity contribution in [2.75, 3.05) is 19.6 Å². The summed E-state index contributed by atoms with van der Waals surface area (Å²) in [5.41, 5.74) is -0.588. The van der Waals surface area contributed by atoms with Gasteiger partial charge in [-0.25, -0.2) is 13.2 Å². The molecule has 28 heavy (non-hydrogen) atoms. The lowest BCUT2D eigenvalue weighted by Crippen LogP contribution is -2.45. The molecule has 1 atom stereocenters. The van der Waals surface area contributed by atoms with Crippen molar-refractivity contribution >= 4 is 26.9 Å². The van der Waals surface area contributed by atoms with Gasteiger partial charge in [0.15, 0.2) is 0 Å². The molecule has 1 aliphatic rings. The van der Waals surface area contributed by atoms with Crippen LogP contribution in [0.2, 0.25) is 0 Å². The third kappa shape index (κ3) is 4.28. The first-order chi connectivity index (χ1) is 13.1. The molecule has 8 heteroatoms. The lowest BCUT2D eigenvalue weighted by molar-refractivity contribution is 0.0244. The number of ether oxygens (including phenoxy) is 1. The fourth-order valence-corrected chi connectivity index (χ4v) is 5.31. The molecule has 0 aliphatic carbocycles. The Hall–Kier alpha value is -2.19. The number of aromatic nitrogens is 1. The van der Waals surface area contributed by atoms with E-state index in [1.807, 2.05) is 33.8 Å². The van der Waals surface area contributed by atoms with E-state index >= 15 is 0 Å². The Morgan fingerprint density at radius 1 is 1.21 bits per heavy atom. The Bertz CT molecular complexity index is 964. The van der Waals surface area contributed by atoms with Crippen molar-refractivity contribution in [3.8, 4) is 0 Å². The lowest BCUT2D eigenvalue weighted by atomic mass is 10.2. The molecule has 0 N–H and O–H groups in total. The van der Waals surface area contributed by atoms with Crippen molar-refractivity contribution in [2.45, 2.75) is 50.7 Å². The van der Waals surface area contributed by atoms with Crippen molar-refractivity contribution in [3.05, 3.63) is 36.7 Å². The Kier molecular flexibility index (Phi) is 5.63. The number of hydrogen-bond donors (Lipinski definition) is 0. The highest BCUT2D eigenvalue weighted by Crippen LogP contribution is 2.28. The SMILES string of the molecule is CC1CN(C(=O)OC(C)(C)C)CCCN1S(=O)(=O)c1cccc2cnccc12. The van der Waals surface area contributed by atoms with Crippen LogP contribution in [0, 0.1) is 0 Å². The second-order valence-electron chi connectivity index (χ2n) is 8.10. The van der Waals surface area contributed by atoms with Gasteiger partial charge in [-0.15, -0.1) is 0 Å². The summed E-state index contributed by atoms with van der Waals surface area (Å²) in [5.74, 6) is 0. The summed E-state index contributed by atoms with van der Waals surface area (Å²) < 4.78 is 33.8. The lowest BCUT2D eigenvalue weighted by Gasteiger charge is -2.30. The van der Waals surface area contributed by atoms with E-state index in [0.717, 1.165) is 5.39 Å². The van der Waals surface area contributed by atoms with Gasteiger partial charge in [0.05, 0.1) is 4.90 Å². The molecule has 0 radical (unpaired) electrons. The fraction of sp³-hybridized carbons (Fsp3) is 0.500. The van der Waals surface area contributed by atoms with Gasteiger partial charge in [0.2, 0.25) is 10.0 Å². The molecule has 0 spiro atoms. The van der Waals surface area contributed by atoms with Crippen molar-refractivity contribution in [2.24, 2.45) is 0 Å². The summed E-state index contributed by atoms with van der Waals surface area (Å²) in [6.07, 6.45) is 3.40. The Morgan fingerprint density at radius 3 is 2.68 bits per heavy atom. The summed E-state index contributed by atoms with van der Waals surface area (Å²) in [7, 11) is -3.72. The van der Waals surface area contributed by atoms with E-state index in [0.29, 0.717) is 31.4 Å². The van der Waals surface area contributed by atoms with Gasteiger partial charge in [-0.2, -0.15) is 4.31 Å². The summed E-state index contributed by atoms with van der Waals surface area (Å²) >= 11 is 0. The summed E-state index contributed by atoms with van der Waals surface area (Å²) in [4.78, 5) is 18.4. The van der Waals surface area contributed by atoms with Gasteiger partial charge in [0.25, 0.3) is 0 Å². The molecule has 1 unspecified atom stereocenters. The van der Waals surface area contributed by atoms with Gasteiger partial charge in [-0.3, -0.25) is 4.98 Å². The number of carbonyl (C=O) groups is 1. The fourth-order valence-electron chi connectivity index (χ4n) is 3.43. The molecular formula is C20H27N3O4S. The second-order valence-corrected chi connectivity index (χ2v) is 9.96. The summed E-state index contributed by atoms with van der Waals surface area (Å²) in [6, 6.07) is 6.56. The van der Waals surface area contributed by atoms with Crippen LogP contribution in [0.5, 0.6) is 0 Å². The molecule has 2 heterocycles. The van der Waals surface area contributed by atoms with Crippen LogP contribution in [-0.4, -0.2) is 60.0 Å². The smallest absolute Gasteiger partial charge is 0.410 e. The maximum absolute atomic E-state index is 13.4. The van der Waals surface area contributed by atoms with Crippen LogP contribution in [-0.2, 0) is 14.8 Å². The predicted octanol–water partition coefficient (Wildman–Crippen LogP) is 3.25. The number of benzene rings is 1. The second kappa shape index (κ2) is 7.67. The monoisotopic (exact) mass is 405 g/mol. The van der Waals surface area contributed by atoms with Crippen LogP contribution in [0.3, 0.4) is 0 Å². The Morgan fingerprint density at radius 2 is 1.96 bits per heavy atom. The van der Waals surface area contributed by atoms with Gasteiger partial charge in [-0.05, 0) is 46.2 Å². The van der Waals surface area contributed by atoms with Crippen molar-refractivity contribution in [3.63, 3.8) is 0 Å². The highest BCUT2D eigenvalue weighted by Gasteiger charge is 2.35. The minimum absolute atomic E-state index is 0.268. The van der Waals surface area contributed by atoms with Gasteiger partial charge in [0, 0.05) is 48.8 Å². The molecule has 3 rings (SSSR count). The number of carbonyl (C=O) groups excluding carboxylic acids is 1. The first-order valence-corrected chi connectivity index (χ1v) is 10.9.